The molecule has 1 aliphatic rings. The van der Waals surface area contributed by atoms with Crippen LogP contribution in [0.5, 0.6) is 17.2 Å². The lowest BCUT2D eigenvalue weighted by Gasteiger charge is -2.34. The highest BCUT2D eigenvalue weighted by molar-refractivity contribution is 5.74. The molecule has 2 amide bonds. The molecule has 7 heteroatoms. The smallest absolute Gasteiger partial charge is 0.315 e. The highest BCUT2D eigenvalue weighted by Gasteiger charge is 2.35. The minimum atomic E-state index is -1.14. The van der Waals surface area contributed by atoms with Crippen molar-refractivity contribution >= 4 is 6.03 Å². The van der Waals surface area contributed by atoms with E-state index in [2.05, 4.69) is 10.6 Å². The topological polar surface area (TPSA) is 89.1 Å². The Hall–Kier alpha value is -2.93. The molecule has 0 aromatic heterocycles. The van der Waals surface area contributed by atoms with Gasteiger partial charge in [-0.2, -0.15) is 0 Å². The Balaban J connectivity index is 1.56. The summed E-state index contributed by atoms with van der Waals surface area (Å²) in [5.41, 5.74) is 0.421. The molecule has 0 fully saturated rings. The van der Waals surface area contributed by atoms with Crippen LogP contribution in [0.25, 0.3) is 0 Å². The number of hydrogen-bond acceptors (Lipinski definition) is 5. The molecule has 1 aliphatic heterocycles. The molecule has 1 atom stereocenters. The Morgan fingerprint density at radius 3 is 2.70 bits per heavy atom. The number of ether oxygens (including phenoxy) is 3. The Morgan fingerprint density at radius 1 is 1.15 bits per heavy atom. The number of rotatable bonds is 6. The van der Waals surface area contributed by atoms with Crippen LogP contribution in [-0.2, 0) is 12.1 Å². The molecule has 0 spiro atoms. The van der Waals surface area contributed by atoms with Gasteiger partial charge in [0.25, 0.3) is 0 Å². The average molecular weight is 372 g/mol. The van der Waals surface area contributed by atoms with Gasteiger partial charge in [0.2, 0.25) is 0 Å². The molecule has 1 unspecified atom stereocenters. The highest BCUT2D eigenvalue weighted by Crippen LogP contribution is 2.36. The Labute approximate surface area is 158 Å². The number of carbonyl (C=O) groups is 1. The third kappa shape index (κ3) is 4.25. The number of methoxy groups -OCH3 is 2. The SMILES string of the molecule is COc1ccc(CNC(=O)NCC2(O)CCOc3ccccc32)cc1OC. The van der Waals surface area contributed by atoms with Crippen molar-refractivity contribution in [2.24, 2.45) is 0 Å². The van der Waals surface area contributed by atoms with Gasteiger partial charge in [0, 0.05) is 18.5 Å². The van der Waals surface area contributed by atoms with Gasteiger partial charge in [0.05, 0.1) is 27.4 Å². The Bertz CT molecular complexity index is 811. The minimum Gasteiger partial charge on any atom is -0.493 e. The van der Waals surface area contributed by atoms with Crippen molar-refractivity contribution in [1.29, 1.82) is 0 Å². The molecule has 2 aromatic rings. The number of amides is 2. The van der Waals surface area contributed by atoms with Gasteiger partial charge in [-0.25, -0.2) is 4.79 Å². The number of para-hydroxylation sites is 1. The maximum atomic E-state index is 12.2. The number of hydrogen-bond donors (Lipinski definition) is 3. The predicted octanol–water partition coefficient (Wildman–Crippen LogP) is 2.17. The first-order valence-corrected chi connectivity index (χ1v) is 8.73. The zero-order valence-electron chi connectivity index (χ0n) is 15.5. The molecule has 27 heavy (non-hydrogen) atoms. The monoisotopic (exact) mass is 372 g/mol. The lowest BCUT2D eigenvalue weighted by Crippen LogP contribution is -2.46. The van der Waals surface area contributed by atoms with Gasteiger partial charge < -0.3 is 30.0 Å². The lowest BCUT2D eigenvalue weighted by molar-refractivity contribution is 0.0000628. The van der Waals surface area contributed by atoms with E-state index in [9.17, 15) is 9.90 Å². The van der Waals surface area contributed by atoms with Crippen LogP contribution in [0.3, 0.4) is 0 Å². The number of urea groups is 1. The molecule has 0 aliphatic carbocycles. The summed E-state index contributed by atoms with van der Waals surface area (Å²) < 4.78 is 16.0. The molecule has 144 valence electrons. The number of nitrogens with one attached hydrogen (secondary N) is 2. The normalized spacial score (nSPS) is 18.0. The van der Waals surface area contributed by atoms with Crippen molar-refractivity contribution in [3.05, 3.63) is 53.6 Å². The van der Waals surface area contributed by atoms with Gasteiger partial charge in [-0.3, -0.25) is 0 Å². The summed E-state index contributed by atoms with van der Waals surface area (Å²) in [6.07, 6.45) is 0.417. The van der Waals surface area contributed by atoms with Crippen molar-refractivity contribution in [2.45, 2.75) is 18.6 Å². The van der Waals surface area contributed by atoms with E-state index in [0.717, 1.165) is 5.56 Å². The fraction of sp³-hybridized carbons (Fsp3) is 0.350. The first kappa shape index (κ1) is 18.8. The van der Waals surface area contributed by atoms with Crippen molar-refractivity contribution in [2.75, 3.05) is 27.4 Å². The predicted molar refractivity (Wildman–Crippen MR) is 100 cm³/mol. The zero-order chi connectivity index (χ0) is 19.3. The van der Waals surface area contributed by atoms with Crippen molar-refractivity contribution < 1.29 is 24.1 Å². The quantitative estimate of drug-likeness (QED) is 0.723. The summed E-state index contributed by atoms with van der Waals surface area (Å²) in [5.74, 6) is 1.88. The van der Waals surface area contributed by atoms with Gasteiger partial charge in [-0.05, 0) is 23.8 Å². The molecule has 0 radical (unpaired) electrons. The molecule has 7 nitrogen and oxygen atoms in total. The molecule has 0 saturated heterocycles. The van der Waals surface area contributed by atoms with Crippen LogP contribution in [0.1, 0.15) is 17.5 Å². The molecule has 2 aromatic carbocycles. The number of benzene rings is 2. The van der Waals surface area contributed by atoms with E-state index in [1.54, 1.807) is 26.4 Å². The van der Waals surface area contributed by atoms with Crippen LogP contribution < -0.4 is 24.8 Å². The molecule has 3 N–H and O–H groups in total. The third-order valence-corrected chi connectivity index (χ3v) is 4.60. The van der Waals surface area contributed by atoms with E-state index in [4.69, 9.17) is 14.2 Å². The second kappa shape index (κ2) is 8.18. The minimum absolute atomic E-state index is 0.102. The van der Waals surface area contributed by atoms with Gasteiger partial charge in [0.1, 0.15) is 11.4 Å². The third-order valence-electron chi connectivity index (χ3n) is 4.60. The summed E-state index contributed by atoms with van der Waals surface area (Å²) in [4.78, 5) is 12.2. The highest BCUT2D eigenvalue weighted by atomic mass is 16.5. The summed E-state index contributed by atoms with van der Waals surface area (Å²) in [5, 5.41) is 16.5. The lowest BCUT2D eigenvalue weighted by atomic mass is 9.88. The van der Waals surface area contributed by atoms with Crippen LogP contribution in [-0.4, -0.2) is 38.5 Å². The maximum absolute atomic E-state index is 12.2. The van der Waals surface area contributed by atoms with E-state index >= 15 is 0 Å². The van der Waals surface area contributed by atoms with E-state index < -0.39 is 5.60 Å². The largest absolute Gasteiger partial charge is 0.493 e. The van der Waals surface area contributed by atoms with E-state index in [0.29, 0.717) is 42.4 Å². The number of aliphatic hydroxyl groups is 1. The summed E-state index contributed by atoms with van der Waals surface area (Å²) in [6.45, 7) is 0.831. The summed E-state index contributed by atoms with van der Waals surface area (Å²) in [6, 6.07) is 12.4. The average Bonchev–Trinajstić information content (AvgIpc) is 2.71. The van der Waals surface area contributed by atoms with Gasteiger partial charge in [0.15, 0.2) is 11.5 Å². The second-order valence-electron chi connectivity index (χ2n) is 6.35. The van der Waals surface area contributed by atoms with Gasteiger partial charge in [-0.15, -0.1) is 0 Å². The number of fused-ring (bicyclic) bond motifs is 1. The second-order valence-corrected chi connectivity index (χ2v) is 6.35. The molecule has 0 bridgehead atoms. The van der Waals surface area contributed by atoms with Gasteiger partial charge >= 0.3 is 6.03 Å². The van der Waals surface area contributed by atoms with Gasteiger partial charge in [-0.1, -0.05) is 24.3 Å². The summed E-state index contributed by atoms with van der Waals surface area (Å²) >= 11 is 0. The number of carbonyl (C=O) groups excluding carboxylic acids is 1. The van der Waals surface area contributed by atoms with E-state index in [1.165, 1.54) is 0 Å². The van der Waals surface area contributed by atoms with Crippen LogP contribution in [0.15, 0.2) is 42.5 Å². The van der Waals surface area contributed by atoms with Crippen LogP contribution >= 0.6 is 0 Å². The Kier molecular flexibility index (Phi) is 5.71. The van der Waals surface area contributed by atoms with Crippen molar-refractivity contribution in [3.8, 4) is 17.2 Å². The fourth-order valence-electron chi connectivity index (χ4n) is 3.09. The maximum Gasteiger partial charge on any atom is 0.315 e. The first-order chi connectivity index (χ1) is 13.1. The molecule has 0 saturated carbocycles. The van der Waals surface area contributed by atoms with E-state index in [1.807, 2.05) is 30.3 Å². The van der Waals surface area contributed by atoms with Crippen molar-refractivity contribution in [3.63, 3.8) is 0 Å². The standard InChI is InChI=1S/C20H24N2O5/c1-25-17-8-7-14(11-18(17)26-2)12-21-19(23)22-13-20(24)9-10-27-16-6-4-3-5-15(16)20/h3-8,11,24H,9-10,12-13H2,1-2H3,(H2,21,22,23). The Morgan fingerprint density at radius 2 is 1.93 bits per heavy atom. The molecule has 3 rings (SSSR count). The fourth-order valence-corrected chi connectivity index (χ4v) is 3.09. The summed E-state index contributed by atoms with van der Waals surface area (Å²) in [7, 11) is 3.14. The molecular formula is C20H24N2O5. The van der Waals surface area contributed by atoms with Crippen LogP contribution in [0.4, 0.5) is 4.79 Å². The van der Waals surface area contributed by atoms with Crippen LogP contribution in [0, 0.1) is 0 Å². The molecule has 1 heterocycles. The van der Waals surface area contributed by atoms with E-state index in [-0.39, 0.29) is 12.6 Å². The molecular weight excluding hydrogens is 348 g/mol. The first-order valence-electron chi connectivity index (χ1n) is 8.73. The zero-order valence-corrected chi connectivity index (χ0v) is 15.5. The van der Waals surface area contributed by atoms with Crippen LogP contribution in [0.2, 0.25) is 0 Å². The van der Waals surface area contributed by atoms with Crippen molar-refractivity contribution in [1.82, 2.24) is 10.6 Å².